The number of aromatic nitrogens is 3. The van der Waals surface area contributed by atoms with Crippen LogP contribution in [0.2, 0.25) is 0 Å². The van der Waals surface area contributed by atoms with Gasteiger partial charge in [0.1, 0.15) is 11.6 Å². The fraction of sp³-hybridized carbons (Fsp3) is 0.350. The second kappa shape index (κ2) is 8.87. The number of morpholine rings is 1. The molecule has 0 saturated carbocycles. The Hall–Kier alpha value is -3.20. The standard InChI is InChI=1S/C20H23FN6O2/c1-14-4-5-15(17(21)11-14)12-22-18-24-19(23-13-16-3-2-8-29-16)26-20(25-18)27-6-9-28-10-7-27/h2-5,8,11H,6-7,9-10,12-13H2,1H3,(H2,22,23,24,25,26). The molecule has 3 heterocycles. The van der Waals surface area contributed by atoms with Crippen LogP contribution in [0.15, 0.2) is 41.0 Å². The Morgan fingerprint density at radius 3 is 2.48 bits per heavy atom. The molecule has 0 radical (unpaired) electrons. The van der Waals surface area contributed by atoms with Crippen LogP contribution in [-0.2, 0) is 17.8 Å². The molecule has 1 saturated heterocycles. The Morgan fingerprint density at radius 1 is 1.03 bits per heavy atom. The molecule has 29 heavy (non-hydrogen) atoms. The van der Waals surface area contributed by atoms with Gasteiger partial charge >= 0.3 is 0 Å². The second-order valence-corrected chi connectivity index (χ2v) is 6.76. The molecule has 9 heteroatoms. The molecule has 0 unspecified atom stereocenters. The van der Waals surface area contributed by atoms with Gasteiger partial charge in [-0.25, -0.2) is 4.39 Å². The number of hydrogen-bond acceptors (Lipinski definition) is 8. The summed E-state index contributed by atoms with van der Waals surface area (Å²) in [5.41, 5.74) is 1.43. The van der Waals surface area contributed by atoms with Gasteiger partial charge in [-0.3, -0.25) is 0 Å². The summed E-state index contributed by atoms with van der Waals surface area (Å²) >= 11 is 0. The Bertz CT molecular complexity index is 944. The lowest BCUT2D eigenvalue weighted by Crippen LogP contribution is -2.37. The van der Waals surface area contributed by atoms with Crippen molar-refractivity contribution in [2.75, 3.05) is 41.8 Å². The maximum absolute atomic E-state index is 14.1. The van der Waals surface area contributed by atoms with Crippen LogP contribution >= 0.6 is 0 Å². The number of ether oxygens (including phenoxy) is 1. The molecule has 2 aromatic heterocycles. The van der Waals surface area contributed by atoms with E-state index in [1.807, 2.05) is 30.0 Å². The smallest absolute Gasteiger partial charge is 0.232 e. The van der Waals surface area contributed by atoms with Crippen molar-refractivity contribution in [3.05, 3.63) is 59.3 Å². The third-order valence-electron chi connectivity index (χ3n) is 4.56. The first-order chi connectivity index (χ1) is 14.2. The molecule has 1 aliphatic rings. The summed E-state index contributed by atoms with van der Waals surface area (Å²) in [7, 11) is 0. The van der Waals surface area contributed by atoms with Gasteiger partial charge in [0.15, 0.2) is 0 Å². The van der Waals surface area contributed by atoms with Gasteiger partial charge in [-0.1, -0.05) is 12.1 Å². The van der Waals surface area contributed by atoms with Gasteiger partial charge in [-0.2, -0.15) is 15.0 Å². The molecule has 152 valence electrons. The van der Waals surface area contributed by atoms with Crippen molar-refractivity contribution in [2.45, 2.75) is 20.0 Å². The number of halogens is 1. The molecule has 1 fully saturated rings. The quantitative estimate of drug-likeness (QED) is 0.628. The lowest BCUT2D eigenvalue weighted by Gasteiger charge is -2.27. The fourth-order valence-electron chi connectivity index (χ4n) is 2.98. The third-order valence-corrected chi connectivity index (χ3v) is 4.56. The number of anilines is 3. The lowest BCUT2D eigenvalue weighted by atomic mass is 10.1. The van der Waals surface area contributed by atoms with Crippen LogP contribution in [0.25, 0.3) is 0 Å². The fourth-order valence-corrected chi connectivity index (χ4v) is 2.98. The highest BCUT2D eigenvalue weighted by Gasteiger charge is 2.17. The first-order valence-corrected chi connectivity index (χ1v) is 9.51. The summed E-state index contributed by atoms with van der Waals surface area (Å²) in [6.07, 6.45) is 1.62. The molecule has 0 aliphatic carbocycles. The zero-order chi connectivity index (χ0) is 20.1. The molecular formula is C20H23FN6O2. The van der Waals surface area contributed by atoms with Gasteiger partial charge in [-0.05, 0) is 30.7 Å². The van der Waals surface area contributed by atoms with E-state index in [0.29, 0.717) is 56.3 Å². The van der Waals surface area contributed by atoms with Crippen LogP contribution < -0.4 is 15.5 Å². The van der Waals surface area contributed by atoms with Crippen molar-refractivity contribution in [3.63, 3.8) is 0 Å². The maximum Gasteiger partial charge on any atom is 0.232 e. The summed E-state index contributed by atoms with van der Waals surface area (Å²) in [5, 5.41) is 6.27. The number of aryl methyl sites for hydroxylation is 1. The Morgan fingerprint density at radius 2 is 1.79 bits per heavy atom. The first kappa shape index (κ1) is 19.1. The van der Waals surface area contributed by atoms with Gasteiger partial charge < -0.3 is 24.7 Å². The maximum atomic E-state index is 14.1. The number of nitrogens with zero attached hydrogens (tertiary/aromatic N) is 4. The van der Waals surface area contributed by atoms with Crippen molar-refractivity contribution >= 4 is 17.8 Å². The van der Waals surface area contributed by atoms with E-state index in [-0.39, 0.29) is 12.4 Å². The minimum absolute atomic E-state index is 0.254. The van der Waals surface area contributed by atoms with E-state index in [1.54, 1.807) is 12.3 Å². The highest BCUT2D eigenvalue weighted by Crippen LogP contribution is 2.17. The lowest BCUT2D eigenvalue weighted by molar-refractivity contribution is 0.122. The first-order valence-electron chi connectivity index (χ1n) is 9.51. The SMILES string of the molecule is Cc1ccc(CNc2nc(NCc3ccco3)nc(N3CCOCC3)n2)c(F)c1. The topological polar surface area (TPSA) is 88.3 Å². The Balaban J connectivity index is 1.52. The number of rotatable bonds is 7. The molecule has 1 aromatic carbocycles. The van der Waals surface area contributed by atoms with Crippen LogP contribution in [0.5, 0.6) is 0 Å². The molecule has 1 aliphatic heterocycles. The number of nitrogens with one attached hydrogen (secondary N) is 2. The molecule has 3 aromatic rings. The molecule has 2 N–H and O–H groups in total. The molecule has 0 bridgehead atoms. The molecule has 0 spiro atoms. The van der Waals surface area contributed by atoms with Gasteiger partial charge in [0.25, 0.3) is 0 Å². The van der Waals surface area contributed by atoms with Gasteiger partial charge in [0.05, 0.1) is 26.0 Å². The van der Waals surface area contributed by atoms with Crippen LogP contribution in [0.3, 0.4) is 0 Å². The highest BCUT2D eigenvalue weighted by atomic mass is 19.1. The van der Waals surface area contributed by atoms with Crippen LogP contribution in [-0.4, -0.2) is 41.3 Å². The van der Waals surface area contributed by atoms with Crippen LogP contribution in [0.4, 0.5) is 22.2 Å². The summed E-state index contributed by atoms with van der Waals surface area (Å²) in [4.78, 5) is 15.5. The largest absolute Gasteiger partial charge is 0.467 e. The molecule has 8 nitrogen and oxygen atoms in total. The molecular weight excluding hydrogens is 375 g/mol. The number of furan rings is 1. The average Bonchev–Trinajstić information content (AvgIpc) is 3.26. The zero-order valence-corrected chi connectivity index (χ0v) is 16.2. The van der Waals surface area contributed by atoms with E-state index in [0.717, 1.165) is 11.3 Å². The van der Waals surface area contributed by atoms with E-state index >= 15 is 0 Å². The van der Waals surface area contributed by atoms with E-state index in [1.165, 1.54) is 6.07 Å². The predicted octanol–water partition coefficient (Wildman–Crippen LogP) is 2.97. The van der Waals surface area contributed by atoms with Crippen molar-refractivity contribution in [3.8, 4) is 0 Å². The van der Waals surface area contributed by atoms with E-state index < -0.39 is 0 Å². The summed E-state index contributed by atoms with van der Waals surface area (Å²) in [6.45, 7) is 5.23. The minimum Gasteiger partial charge on any atom is -0.467 e. The highest BCUT2D eigenvalue weighted by molar-refractivity contribution is 5.44. The predicted molar refractivity (Wildman–Crippen MR) is 107 cm³/mol. The third kappa shape index (κ3) is 5.00. The van der Waals surface area contributed by atoms with E-state index in [4.69, 9.17) is 9.15 Å². The number of hydrogen-bond donors (Lipinski definition) is 2. The van der Waals surface area contributed by atoms with Crippen molar-refractivity contribution in [1.29, 1.82) is 0 Å². The second-order valence-electron chi connectivity index (χ2n) is 6.76. The zero-order valence-electron chi connectivity index (χ0n) is 16.2. The molecule has 0 amide bonds. The van der Waals surface area contributed by atoms with Crippen molar-refractivity contribution < 1.29 is 13.5 Å². The summed E-state index contributed by atoms with van der Waals surface area (Å²) in [6, 6.07) is 8.85. The van der Waals surface area contributed by atoms with E-state index in [2.05, 4.69) is 25.6 Å². The van der Waals surface area contributed by atoms with Gasteiger partial charge in [-0.15, -0.1) is 0 Å². The van der Waals surface area contributed by atoms with Gasteiger partial charge in [0, 0.05) is 25.2 Å². The van der Waals surface area contributed by atoms with E-state index in [9.17, 15) is 4.39 Å². The van der Waals surface area contributed by atoms with Crippen LogP contribution in [0, 0.1) is 12.7 Å². The normalized spacial score (nSPS) is 14.1. The Labute approximate surface area is 168 Å². The Kier molecular flexibility index (Phi) is 5.85. The monoisotopic (exact) mass is 398 g/mol. The molecule has 4 rings (SSSR count). The van der Waals surface area contributed by atoms with Crippen molar-refractivity contribution in [2.24, 2.45) is 0 Å². The van der Waals surface area contributed by atoms with Crippen LogP contribution in [0.1, 0.15) is 16.9 Å². The minimum atomic E-state index is -0.254. The average molecular weight is 398 g/mol. The summed E-state index contributed by atoms with van der Waals surface area (Å²) < 4.78 is 24.9. The van der Waals surface area contributed by atoms with Gasteiger partial charge in [0.2, 0.25) is 17.8 Å². The molecule has 0 atom stereocenters. The number of benzene rings is 1. The summed E-state index contributed by atoms with van der Waals surface area (Å²) in [5.74, 6) is 1.87. The van der Waals surface area contributed by atoms with Crippen molar-refractivity contribution in [1.82, 2.24) is 15.0 Å².